The van der Waals surface area contributed by atoms with Crippen molar-refractivity contribution in [2.45, 2.75) is 0 Å². The van der Waals surface area contributed by atoms with Crippen LogP contribution in [-0.4, -0.2) is 11.8 Å². The molecule has 0 bridgehead atoms. The van der Waals surface area contributed by atoms with E-state index < -0.39 is 11.8 Å². The van der Waals surface area contributed by atoms with Gasteiger partial charge < -0.3 is 19.5 Å². The van der Waals surface area contributed by atoms with Gasteiger partial charge in [0.15, 0.2) is 11.2 Å². The highest BCUT2D eigenvalue weighted by Crippen LogP contribution is 2.32. The van der Waals surface area contributed by atoms with E-state index in [9.17, 15) is 14.4 Å². The molecule has 0 spiro atoms. The van der Waals surface area contributed by atoms with E-state index in [0.717, 1.165) is 6.07 Å². The zero-order valence-electron chi connectivity index (χ0n) is 16.9. The lowest BCUT2D eigenvalue weighted by atomic mass is 10.2. The van der Waals surface area contributed by atoms with Crippen molar-refractivity contribution in [1.82, 2.24) is 0 Å². The van der Waals surface area contributed by atoms with Gasteiger partial charge in [0, 0.05) is 22.2 Å². The topological polar surface area (TPSA) is 102 Å². The second kappa shape index (κ2) is 8.29. The molecule has 0 unspecified atom stereocenters. The van der Waals surface area contributed by atoms with E-state index in [1.165, 1.54) is 0 Å². The third-order valence-electron chi connectivity index (χ3n) is 5.00. The number of carbonyl (C=O) groups excluding carboxylic acids is 2. The largest absolute Gasteiger partial charge is 0.451 e. The molecule has 3 aromatic carbocycles. The molecule has 2 aromatic heterocycles. The summed E-state index contributed by atoms with van der Waals surface area (Å²) in [6, 6.07) is 21.2. The number of hydrogen-bond donors (Lipinski definition) is 2. The summed E-state index contributed by atoms with van der Waals surface area (Å²) in [4.78, 5) is 38.4. The van der Waals surface area contributed by atoms with Gasteiger partial charge in [0.05, 0.1) is 5.39 Å². The summed E-state index contributed by atoms with van der Waals surface area (Å²) in [5.41, 5.74) is 1.02. The number of anilines is 2. The lowest BCUT2D eigenvalue weighted by molar-refractivity contribution is 0.0996. The number of carbonyl (C=O) groups is 2. The summed E-state index contributed by atoms with van der Waals surface area (Å²) in [5, 5.41) is 6.81. The van der Waals surface area contributed by atoms with Gasteiger partial charge >= 0.3 is 0 Å². The van der Waals surface area contributed by atoms with Crippen molar-refractivity contribution in [3.63, 3.8) is 0 Å². The normalized spacial score (nSPS) is 10.9. The average molecular weight is 459 g/mol. The van der Waals surface area contributed by atoms with Crippen molar-refractivity contribution >= 4 is 56.7 Å². The van der Waals surface area contributed by atoms with Gasteiger partial charge in [0.2, 0.25) is 5.76 Å². The van der Waals surface area contributed by atoms with Crippen LogP contribution >= 0.6 is 11.6 Å². The molecule has 0 aliphatic heterocycles. The van der Waals surface area contributed by atoms with Crippen molar-refractivity contribution in [3.8, 4) is 0 Å². The SMILES string of the molecule is O=C(Nc1c(C(=O)Nc2ccc(Cl)cc2)oc2ccccc12)c1cc(=O)c2ccccc2o1. The second-order valence-electron chi connectivity index (χ2n) is 7.19. The van der Waals surface area contributed by atoms with Crippen molar-refractivity contribution in [1.29, 1.82) is 0 Å². The number of hydrogen-bond acceptors (Lipinski definition) is 5. The first kappa shape index (κ1) is 20.5. The second-order valence-corrected chi connectivity index (χ2v) is 7.62. The van der Waals surface area contributed by atoms with Gasteiger partial charge in [-0.05, 0) is 48.5 Å². The Balaban J connectivity index is 1.52. The van der Waals surface area contributed by atoms with Gasteiger partial charge in [-0.15, -0.1) is 0 Å². The van der Waals surface area contributed by atoms with Crippen LogP contribution in [0.4, 0.5) is 11.4 Å². The number of rotatable bonds is 4. The number of halogens is 1. The Morgan fingerprint density at radius 2 is 1.36 bits per heavy atom. The van der Waals surface area contributed by atoms with Gasteiger partial charge in [0.25, 0.3) is 11.8 Å². The summed E-state index contributed by atoms with van der Waals surface area (Å²) in [7, 11) is 0. The Bertz CT molecular complexity index is 1580. The molecule has 0 atom stereocenters. The number of para-hydroxylation sites is 2. The van der Waals surface area contributed by atoms with E-state index in [1.54, 1.807) is 72.8 Å². The molecule has 2 amide bonds. The van der Waals surface area contributed by atoms with E-state index in [4.69, 9.17) is 20.4 Å². The highest BCUT2D eigenvalue weighted by molar-refractivity contribution is 6.30. The van der Waals surface area contributed by atoms with Gasteiger partial charge in [-0.2, -0.15) is 0 Å². The molecular formula is C25H15ClN2O5. The van der Waals surface area contributed by atoms with E-state index >= 15 is 0 Å². The molecule has 0 saturated heterocycles. The van der Waals surface area contributed by atoms with Crippen molar-refractivity contribution in [2.24, 2.45) is 0 Å². The molecule has 5 aromatic rings. The Morgan fingerprint density at radius 1 is 0.727 bits per heavy atom. The minimum Gasteiger partial charge on any atom is -0.451 e. The lowest BCUT2D eigenvalue weighted by Gasteiger charge is -2.08. The van der Waals surface area contributed by atoms with Gasteiger partial charge in [-0.3, -0.25) is 14.4 Å². The van der Waals surface area contributed by atoms with Crippen LogP contribution in [0, 0.1) is 0 Å². The molecule has 5 rings (SSSR count). The highest BCUT2D eigenvalue weighted by atomic mass is 35.5. The van der Waals surface area contributed by atoms with E-state index in [0.29, 0.717) is 27.1 Å². The molecule has 0 aliphatic rings. The molecule has 8 heteroatoms. The average Bonchev–Trinajstić information content (AvgIpc) is 3.19. The summed E-state index contributed by atoms with van der Waals surface area (Å²) in [5.74, 6) is -1.54. The zero-order chi connectivity index (χ0) is 22.9. The molecule has 162 valence electrons. The number of fused-ring (bicyclic) bond motifs is 2. The third kappa shape index (κ3) is 3.97. The molecule has 7 nitrogen and oxygen atoms in total. The molecule has 33 heavy (non-hydrogen) atoms. The number of nitrogens with one attached hydrogen (secondary N) is 2. The molecule has 0 aliphatic carbocycles. The summed E-state index contributed by atoms with van der Waals surface area (Å²) in [6.07, 6.45) is 0. The molecule has 0 saturated carbocycles. The quantitative estimate of drug-likeness (QED) is 0.360. The maximum absolute atomic E-state index is 13.0. The van der Waals surface area contributed by atoms with E-state index in [1.807, 2.05) is 0 Å². The molecule has 2 heterocycles. The van der Waals surface area contributed by atoms with Crippen LogP contribution in [0.25, 0.3) is 21.9 Å². The number of benzene rings is 3. The first-order chi connectivity index (χ1) is 16.0. The van der Waals surface area contributed by atoms with Crippen LogP contribution in [0.3, 0.4) is 0 Å². The Hall–Kier alpha value is -4.36. The predicted molar refractivity (Wildman–Crippen MR) is 126 cm³/mol. The number of furan rings is 1. The monoisotopic (exact) mass is 458 g/mol. The standard InChI is InChI=1S/C25H15ClN2O5/c26-14-9-11-15(12-10-14)27-25(31)23-22(17-6-2-4-8-20(17)33-23)28-24(30)21-13-18(29)16-5-1-3-7-19(16)32-21/h1-13H,(H,27,31)(H,28,30). The Kier molecular flexibility index (Phi) is 5.16. The van der Waals surface area contributed by atoms with Gasteiger partial charge in [0.1, 0.15) is 16.9 Å². The van der Waals surface area contributed by atoms with E-state index in [2.05, 4.69) is 10.6 Å². The first-order valence-electron chi connectivity index (χ1n) is 9.92. The summed E-state index contributed by atoms with van der Waals surface area (Å²) in [6.45, 7) is 0. The molecule has 0 fully saturated rings. The lowest BCUT2D eigenvalue weighted by Crippen LogP contribution is -2.18. The maximum Gasteiger partial charge on any atom is 0.293 e. The van der Waals surface area contributed by atoms with Crippen LogP contribution in [0.5, 0.6) is 0 Å². The molecule has 0 radical (unpaired) electrons. The fourth-order valence-corrected chi connectivity index (χ4v) is 3.57. The van der Waals surface area contributed by atoms with Crippen molar-refractivity contribution < 1.29 is 18.4 Å². The van der Waals surface area contributed by atoms with E-state index in [-0.39, 0.29) is 28.2 Å². The van der Waals surface area contributed by atoms with Crippen molar-refractivity contribution in [2.75, 3.05) is 10.6 Å². The smallest absolute Gasteiger partial charge is 0.293 e. The predicted octanol–water partition coefficient (Wildman–Crippen LogP) is 5.70. The summed E-state index contributed by atoms with van der Waals surface area (Å²) < 4.78 is 11.4. The van der Waals surface area contributed by atoms with Crippen LogP contribution < -0.4 is 16.1 Å². The van der Waals surface area contributed by atoms with Crippen LogP contribution in [0.15, 0.2) is 92.5 Å². The Labute approximate surface area is 191 Å². The molecule has 2 N–H and O–H groups in total. The van der Waals surface area contributed by atoms with Gasteiger partial charge in [-0.1, -0.05) is 35.9 Å². The van der Waals surface area contributed by atoms with Crippen LogP contribution in [-0.2, 0) is 0 Å². The fourth-order valence-electron chi connectivity index (χ4n) is 3.44. The van der Waals surface area contributed by atoms with Crippen molar-refractivity contribution in [3.05, 3.63) is 106 Å². The first-order valence-corrected chi connectivity index (χ1v) is 10.3. The zero-order valence-corrected chi connectivity index (χ0v) is 17.7. The minimum atomic E-state index is -0.690. The molecular weight excluding hydrogens is 444 g/mol. The van der Waals surface area contributed by atoms with Crippen LogP contribution in [0.2, 0.25) is 5.02 Å². The highest BCUT2D eigenvalue weighted by Gasteiger charge is 2.24. The minimum absolute atomic E-state index is 0.0948. The fraction of sp³-hybridized carbons (Fsp3) is 0. The third-order valence-corrected chi connectivity index (χ3v) is 5.25. The maximum atomic E-state index is 13.0. The van der Waals surface area contributed by atoms with Gasteiger partial charge in [-0.25, -0.2) is 0 Å². The van der Waals surface area contributed by atoms with Crippen LogP contribution in [0.1, 0.15) is 21.1 Å². The Morgan fingerprint density at radius 3 is 2.09 bits per heavy atom. The number of amides is 2. The summed E-state index contributed by atoms with van der Waals surface area (Å²) >= 11 is 5.90.